The highest BCUT2D eigenvalue weighted by Crippen LogP contribution is 2.31. The van der Waals surface area contributed by atoms with Crippen molar-refractivity contribution in [2.24, 2.45) is 5.92 Å². The van der Waals surface area contributed by atoms with Crippen LogP contribution >= 0.6 is 0 Å². The number of likely N-dealkylation sites (tertiary alicyclic amines) is 1. The number of fused-ring (bicyclic) bond motifs is 1. The third-order valence-electron chi connectivity index (χ3n) is 3.95. The molecule has 3 nitrogen and oxygen atoms in total. The van der Waals surface area contributed by atoms with Gasteiger partial charge in [0.1, 0.15) is 0 Å². The van der Waals surface area contributed by atoms with Crippen molar-refractivity contribution in [3.63, 3.8) is 0 Å². The molecular weight excluding hydrogens is 238 g/mol. The monoisotopic (exact) mass is 261 g/mol. The number of allylic oxidation sites excluding steroid dienone is 3. The first-order valence-corrected chi connectivity index (χ1v) is 7.48. The molecule has 1 saturated heterocycles. The largest absolute Gasteiger partial charge is 0.278 e. The average Bonchev–Trinajstić information content (AvgIpc) is 2.68. The molecule has 1 unspecified atom stereocenters. The van der Waals surface area contributed by atoms with Crippen LogP contribution in [-0.2, 0) is 9.59 Å². The molecule has 1 atom stereocenters. The number of rotatable bonds is 7. The second kappa shape index (κ2) is 6.69. The van der Waals surface area contributed by atoms with E-state index in [1.54, 1.807) is 6.08 Å². The standard InChI is InChI=1S/C16H23NO2/c1-2-3-4-5-6-9-12-17-15(18)13-10-7-8-11-14(13)16(17)19/h7-8,10,14H,2-6,9,11-12H2,1H3. The highest BCUT2D eigenvalue weighted by atomic mass is 16.2. The van der Waals surface area contributed by atoms with E-state index in [0.717, 1.165) is 12.8 Å². The molecule has 1 aliphatic carbocycles. The molecule has 1 aliphatic heterocycles. The van der Waals surface area contributed by atoms with Crippen LogP contribution in [0.15, 0.2) is 23.8 Å². The Morgan fingerprint density at radius 3 is 2.63 bits per heavy atom. The van der Waals surface area contributed by atoms with E-state index >= 15 is 0 Å². The number of unbranched alkanes of at least 4 members (excludes halogenated alkanes) is 5. The minimum atomic E-state index is -0.197. The summed E-state index contributed by atoms with van der Waals surface area (Å²) >= 11 is 0. The smallest absolute Gasteiger partial charge is 0.257 e. The highest BCUT2D eigenvalue weighted by Gasteiger charge is 2.42. The van der Waals surface area contributed by atoms with Crippen molar-refractivity contribution in [1.29, 1.82) is 0 Å². The van der Waals surface area contributed by atoms with Crippen LogP contribution in [0.2, 0.25) is 0 Å². The molecule has 0 spiro atoms. The predicted octanol–water partition coefficient (Wildman–Crippen LogP) is 3.22. The quantitative estimate of drug-likeness (QED) is 0.521. The average molecular weight is 261 g/mol. The second-order valence-electron chi connectivity index (χ2n) is 5.40. The molecule has 0 aromatic rings. The Balaban J connectivity index is 1.79. The van der Waals surface area contributed by atoms with E-state index in [2.05, 4.69) is 6.92 Å². The summed E-state index contributed by atoms with van der Waals surface area (Å²) in [6, 6.07) is 0. The Labute approximate surface area is 115 Å². The number of nitrogens with zero attached hydrogens (tertiary/aromatic N) is 1. The molecule has 2 aliphatic rings. The molecular formula is C16H23NO2. The maximum atomic E-state index is 12.1. The number of hydrogen-bond donors (Lipinski definition) is 0. The Morgan fingerprint density at radius 1 is 1.16 bits per heavy atom. The van der Waals surface area contributed by atoms with Crippen LogP contribution in [0.1, 0.15) is 51.9 Å². The lowest BCUT2D eigenvalue weighted by Crippen LogP contribution is -2.31. The first-order chi connectivity index (χ1) is 9.25. The van der Waals surface area contributed by atoms with Crippen molar-refractivity contribution in [3.05, 3.63) is 23.8 Å². The molecule has 0 bridgehead atoms. The Morgan fingerprint density at radius 2 is 1.89 bits per heavy atom. The van der Waals surface area contributed by atoms with Crippen molar-refractivity contribution >= 4 is 11.8 Å². The summed E-state index contributed by atoms with van der Waals surface area (Å²) in [4.78, 5) is 25.7. The molecule has 1 fully saturated rings. The summed E-state index contributed by atoms with van der Waals surface area (Å²) in [6.07, 6.45) is 13.4. The normalized spacial score (nSPS) is 21.8. The maximum Gasteiger partial charge on any atom is 0.257 e. The van der Waals surface area contributed by atoms with E-state index in [1.165, 1.54) is 30.6 Å². The predicted molar refractivity (Wildman–Crippen MR) is 75.4 cm³/mol. The summed E-state index contributed by atoms with van der Waals surface area (Å²) in [5.74, 6) is -0.250. The third-order valence-corrected chi connectivity index (χ3v) is 3.95. The van der Waals surface area contributed by atoms with Gasteiger partial charge in [-0.1, -0.05) is 57.3 Å². The lowest BCUT2D eigenvalue weighted by Gasteiger charge is -2.13. The molecule has 3 heteroatoms. The van der Waals surface area contributed by atoms with Gasteiger partial charge in [-0.2, -0.15) is 0 Å². The van der Waals surface area contributed by atoms with Crippen molar-refractivity contribution in [3.8, 4) is 0 Å². The summed E-state index contributed by atoms with van der Waals surface area (Å²) in [5, 5.41) is 0. The Hall–Kier alpha value is -1.38. The molecule has 2 rings (SSSR count). The van der Waals surface area contributed by atoms with E-state index in [1.807, 2.05) is 12.2 Å². The summed E-state index contributed by atoms with van der Waals surface area (Å²) in [7, 11) is 0. The SMILES string of the molecule is CCCCCCCCN1C(=O)C2=CC=CCC2C1=O. The first-order valence-electron chi connectivity index (χ1n) is 7.48. The van der Waals surface area contributed by atoms with Crippen LogP contribution in [0.3, 0.4) is 0 Å². The molecule has 1 heterocycles. The molecule has 0 saturated carbocycles. The van der Waals surface area contributed by atoms with Gasteiger partial charge in [0.2, 0.25) is 5.91 Å². The molecule has 0 radical (unpaired) electrons. The summed E-state index contributed by atoms with van der Waals surface area (Å²) in [5.41, 5.74) is 0.693. The lowest BCUT2D eigenvalue weighted by molar-refractivity contribution is -0.139. The molecule has 0 N–H and O–H groups in total. The van der Waals surface area contributed by atoms with Crippen LogP contribution in [0.25, 0.3) is 0 Å². The Kier molecular flexibility index (Phi) is 4.94. The van der Waals surface area contributed by atoms with Crippen molar-refractivity contribution in [2.75, 3.05) is 6.54 Å². The van der Waals surface area contributed by atoms with Crippen LogP contribution in [0.5, 0.6) is 0 Å². The van der Waals surface area contributed by atoms with Gasteiger partial charge in [-0.05, 0) is 12.8 Å². The summed E-state index contributed by atoms with van der Waals surface area (Å²) < 4.78 is 0. The number of imide groups is 1. The summed E-state index contributed by atoms with van der Waals surface area (Å²) in [6.45, 7) is 2.79. The van der Waals surface area contributed by atoms with Crippen molar-refractivity contribution < 1.29 is 9.59 Å². The van der Waals surface area contributed by atoms with Crippen molar-refractivity contribution in [2.45, 2.75) is 51.9 Å². The van der Waals surface area contributed by atoms with Gasteiger partial charge < -0.3 is 0 Å². The fraction of sp³-hybridized carbons (Fsp3) is 0.625. The van der Waals surface area contributed by atoms with Gasteiger partial charge in [-0.3, -0.25) is 14.5 Å². The van der Waals surface area contributed by atoms with Gasteiger partial charge >= 0.3 is 0 Å². The lowest BCUT2D eigenvalue weighted by atomic mass is 9.94. The second-order valence-corrected chi connectivity index (χ2v) is 5.40. The van der Waals surface area contributed by atoms with E-state index in [-0.39, 0.29) is 17.7 Å². The minimum Gasteiger partial charge on any atom is -0.278 e. The molecule has 104 valence electrons. The molecule has 0 aromatic carbocycles. The van der Waals surface area contributed by atoms with E-state index < -0.39 is 0 Å². The van der Waals surface area contributed by atoms with Gasteiger partial charge in [0.25, 0.3) is 5.91 Å². The molecule has 19 heavy (non-hydrogen) atoms. The highest BCUT2D eigenvalue weighted by molar-refractivity contribution is 6.15. The molecule has 2 amide bonds. The fourth-order valence-corrected chi connectivity index (χ4v) is 2.79. The van der Waals surface area contributed by atoms with Crippen LogP contribution in [-0.4, -0.2) is 23.3 Å². The topological polar surface area (TPSA) is 37.4 Å². The first kappa shape index (κ1) is 14.0. The van der Waals surface area contributed by atoms with Crippen LogP contribution in [0.4, 0.5) is 0 Å². The minimum absolute atomic E-state index is 0.00848. The fourth-order valence-electron chi connectivity index (χ4n) is 2.79. The number of amides is 2. The zero-order valence-corrected chi connectivity index (χ0v) is 11.7. The molecule has 0 aromatic heterocycles. The van der Waals surface area contributed by atoms with Gasteiger partial charge in [0, 0.05) is 12.1 Å². The van der Waals surface area contributed by atoms with Crippen molar-refractivity contribution in [1.82, 2.24) is 4.90 Å². The van der Waals surface area contributed by atoms with E-state index in [4.69, 9.17) is 0 Å². The zero-order valence-electron chi connectivity index (χ0n) is 11.7. The Bertz CT molecular complexity index is 409. The third kappa shape index (κ3) is 3.14. The van der Waals surface area contributed by atoms with Crippen LogP contribution in [0, 0.1) is 5.92 Å². The van der Waals surface area contributed by atoms with E-state index in [0.29, 0.717) is 18.5 Å². The maximum absolute atomic E-state index is 12.1. The number of hydrogen-bond acceptors (Lipinski definition) is 2. The zero-order chi connectivity index (χ0) is 13.7. The van der Waals surface area contributed by atoms with Gasteiger partial charge in [0.15, 0.2) is 0 Å². The van der Waals surface area contributed by atoms with E-state index in [9.17, 15) is 9.59 Å². The van der Waals surface area contributed by atoms with Gasteiger partial charge in [-0.25, -0.2) is 0 Å². The van der Waals surface area contributed by atoms with Gasteiger partial charge in [-0.15, -0.1) is 0 Å². The number of carbonyl (C=O) groups is 2. The van der Waals surface area contributed by atoms with Gasteiger partial charge in [0.05, 0.1) is 5.92 Å². The van der Waals surface area contributed by atoms with Crippen LogP contribution < -0.4 is 0 Å². The number of carbonyl (C=O) groups excluding carboxylic acids is 2.